The number of hydrogen-bond donors (Lipinski definition) is 0. The summed E-state index contributed by atoms with van der Waals surface area (Å²) in [5.74, 6) is -0.980. The Kier molecular flexibility index (Phi) is 13.0. The molecule has 0 N–H and O–H groups in total. The van der Waals surface area contributed by atoms with Crippen molar-refractivity contribution in [3.05, 3.63) is 0 Å². The molecule has 0 spiro atoms. The molecule has 8 nitrogen and oxygen atoms in total. The third-order valence-corrected chi connectivity index (χ3v) is 5.67. The van der Waals surface area contributed by atoms with Crippen molar-refractivity contribution in [2.24, 2.45) is 0 Å². The second-order valence-electron chi connectivity index (χ2n) is 5.38. The number of carbonyl (C=O) groups excluding carboxylic acids is 4. The van der Waals surface area contributed by atoms with E-state index in [1.807, 2.05) is 13.8 Å². The van der Waals surface area contributed by atoms with E-state index in [1.165, 1.54) is 51.2 Å². The Hall–Kier alpha value is -1.42. The van der Waals surface area contributed by atoms with Gasteiger partial charge in [0.1, 0.15) is 6.61 Å². The fourth-order valence-electron chi connectivity index (χ4n) is 2.19. The van der Waals surface area contributed by atoms with E-state index in [0.717, 1.165) is 11.5 Å². The van der Waals surface area contributed by atoms with Crippen LogP contribution in [0, 0.1) is 0 Å². The van der Waals surface area contributed by atoms with Crippen LogP contribution >= 0.6 is 23.5 Å². The average Bonchev–Trinajstić information content (AvgIpc) is 2.53. The number of hydrogen-bond acceptors (Lipinski definition) is 10. The van der Waals surface area contributed by atoms with E-state index >= 15 is 0 Å². The molecule has 0 rings (SSSR count). The Morgan fingerprint density at radius 1 is 0.704 bits per heavy atom. The van der Waals surface area contributed by atoms with Gasteiger partial charge < -0.3 is 18.9 Å². The van der Waals surface area contributed by atoms with E-state index in [2.05, 4.69) is 0 Å². The van der Waals surface area contributed by atoms with E-state index in [0.29, 0.717) is 0 Å². The predicted octanol–water partition coefficient (Wildman–Crippen LogP) is 2.18. The molecule has 27 heavy (non-hydrogen) atoms. The van der Waals surface area contributed by atoms with Crippen LogP contribution in [0.5, 0.6) is 0 Å². The molecule has 0 radical (unpaired) electrons. The van der Waals surface area contributed by atoms with Gasteiger partial charge >= 0.3 is 23.9 Å². The summed E-state index contributed by atoms with van der Waals surface area (Å²) in [5, 5.41) is 0. The summed E-state index contributed by atoms with van der Waals surface area (Å²) in [6, 6.07) is 0. The molecular formula is C17H28O8S2. The molecule has 0 aromatic rings. The molecule has 0 saturated carbocycles. The molecule has 10 heteroatoms. The molecule has 0 heterocycles. The van der Waals surface area contributed by atoms with Crippen molar-refractivity contribution in [3.8, 4) is 0 Å². The SMILES string of the molecule is CCSC(SCC)[C@H](OC(C)=O)[C@@H](OC(C)=O)[C@@H](COC(C)=O)OC(C)=O. The highest BCUT2D eigenvalue weighted by Crippen LogP contribution is 2.32. The van der Waals surface area contributed by atoms with Crippen LogP contribution in [-0.4, -0.2) is 64.9 Å². The van der Waals surface area contributed by atoms with Gasteiger partial charge in [-0.15, -0.1) is 23.5 Å². The maximum absolute atomic E-state index is 11.7. The fraction of sp³-hybridized carbons (Fsp3) is 0.765. The molecule has 0 aliphatic carbocycles. The lowest BCUT2D eigenvalue weighted by atomic mass is 10.1. The van der Waals surface area contributed by atoms with Gasteiger partial charge in [0.15, 0.2) is 18.3 Å². The molecule has 0 unspecified atom stereocenters. The first-order valence-corrected chi connectivity index (χ1v) is 10.6. The molecule has 0 aromatic carbocycles. The molecular weight excluding hydrogens is 396 g/mol. The van der Waals surface area contributed by atoms with Crippen molar-refractivity contribution < 1.29 is 38.1 Å². The second kappa shape index (κ2) is 13.7. The summed E-state index contributed by atoms with van der Waals surface area (Å²) in [4.78, 5) is 46.1. The van der Waals surface area contributed by atoms with Crippen molar-refractivity contribution in [3.63, 3.8) is 0 Å². The minimum Gasteiger partial charge on any atom is -0.462 e. The van der Waals surface area contributed by atoms with Crippen molar-refractivity contribution >= 4 is 47.4 Å². The molecule has 0 aromatic heterocycles. The van der Waals surface area contributed by atoms with Gasteiger partial charge in [0.25, 0.3) is 0 Å². The zero-order valence-electron chi connectivity index (χ0n) is 16.5. The molecule has 0 bridgehead atoms. The number of rotatable bonds is 12. The largest absolute Gasteiger partial charge is 0.462 e. The van der Waals surface area contributed by atoms with Gasteiger partial charge in [-0.3, -0.25) is 19.2 Å². The maximum atomic E-state index is 11.7. The summed E-state index contributed by atoms with van der Waals surface area (Å²) < 4.78 is 20.7. The van der Waals surface area contributed by atoms with Crippen LogP contribution in [0.4, 0.5) is 0 Å². The normalized spacial score (nSPS) is 14.0. The van der Waals surface area contributed by atoms with Gasteiger partial charge in [-0.1, -0.05) is 13.8 Å². The van der Waals surface area contributed by atoms with Gasteiger partial charge in [-0.2, -0.15) is 0 Å². The first-order valence-electron chi connectivity index (χ1n) is 8.50. The van der Waals surface area contributed by atoms with Crippen LogP contribution < -0.4 is 0 Å². The highest BCUT2D eigenvalue weighted by Gasteiger charge is 2.42. The zero-order chi connectivity index (χ0) is 21.0. The van der Waals surface area contributed by atoms with Gasteiger partial charge in [-0.05, 0) is 11.5 Å². The van der Waals surface area contributed by atoms with Crippen molar-refractivity contribution in [2.75, 3.05) is 18.1 Å². The number of ether oxygens (including phenoxy) is 4. The second-order valence-corrected chi connectivity index (χ2v) is 8.51. The highest BCUT2D eigenvalue weighted by atomic mass is 32.2. The Balaban J connectivity index is 5.92. The predicted molar refractivity (Wildman–Crippen MR) is 103 cm³/mol. The van der Waals surface area contributed by atoms with Gasteiger partial charge in [0.05, 0.1) is 4.58 Å². The van der Waals surface area contributed by atoms with Crippen molar-refractivity contribution in [2.45, 2.75) is 64.4 Å². The molecule has 3 atom stereocenters. The number of thioether (sulfide) groups is 2. The highest BCUT2D eigenvalue weighted by molar-refractivity contribution is 8.17. The van der Waals surface area contributed by atoms with E-state index in [4.69, 9.17) is 18.9 Å². The summed E-state index contributed by atoms with van der Waals surface area (Å²) in [6.07, 6.45) is -3.14. The summed E-state index contributed by atoms with van der Waals surface area (Å²) >= 11 is 3.03. The lowest BCUT2D eigenvalue weighted by Crippen LogP contribution is -2.50. The van der Waals surface area contributed by atoms with Gasteiger partial charge in [0, 0.05) is 27.7 Å². The summed E-state index contributed by atoms with van der Waals surface area (Å²) in [5.41, 5.74) is 0. The van der Waals surface area contributed by atoms with Crippen LogP contribution in [0.2, 0.25) is 0 Å². The fourth-order valence-corrected chi connectivity index (χ4v) is 4.85. The summed E-state index contributed by atoms with van der Waals surface area (Å²) in [7, 11) is 0. The van der Waals surface area contributed by atoms with Crippen molar-refractivity contribution in [1.82, 2.24) is 0 Å². The summed E-state index contributed by atoms with van der Waals surface area (Å²) in [6.45, 7) is 8.40. The standard InChI is InChI=1S/C17H28O8S2/c1-7-26-17(27-8-2)16(25-13(6)21)15(24-12(5)20)14(23-11(4)19)9-22-10(3)18/h14-17H,7-9H2,1-6H3/t14-,15+,16-/m1/s1. The molecule has 0 fully saturated rings. The topological polar surface area (TPSA) is 105 Å². The smallest absolute Gasteiger partial charge is 0.303 e. The monoisotopic (exact) mass is 424 g/mol. The van der Waals surface area contributed by atoms with Crippen LogP contribution in [0.15, 0.2) is 0 Å². The molecule has 0 aliphatic rings. The van der Waals surface area contributed by atoms with E-state index in [-0.39, 0.29) is 11.2 Å². The van der Waals surface area contributed by atoms with Crippen LogP contribution in [0.3, 0.4) is 0 Å². The van der Waals surface area contributed by atoms with Crippen molar-refractivity contribution in [1.29, 1.82) is 0 Å². The minimum atomic E-state index is -1.13. The third kappa shape index (κ3) is 11.1. The Morgan fingerprint density at radius 3 is 1.52 bits per heavy atom. The molecule has 0 saturated heterocycles. The lowest BCUT2D eigenvalue weighted by molar-refractivity contribution is -0.187. The van der Waals surface area contributed by atoms with Gasteiger partial charge in [0.2, 0.25) is 0 Å². The number of carbonyl (C=O) groups is 4. The first-order chi connectivity index (χ1) is 12.6. The van der Waals surface area contributed by atoms with E-state index in [9.17, 15) is 19.2 Å². The van der Waals surface area contributed by atoms with E-state index in [1.54, 1.807) is 0 Å². The quantitative estimate of drug-likeness (QED) is 0.263. The third-order valence-electron chi connectivity index (χ3n) is 2.99. The Bertz CT molecular complexity index is 505. The molecule has 156 valence electrons. The van der Waals surface area contributed by atoms with Gasteiger partial charge in [-0.25, -0.2) is 0 Å². The number of esters is 4. The maximum Gasteiger partial charge on any atom is 0.303 e. The van der Waals surface area contributed by atoms with Crippen LogP contribution in [0.1, 0.15) is 41.5 Å². The van der Waals surface area contributed by atoms with Crippen LogP contribution in [-0.2, 0) is 38.1 Å². The zero-order valence-corrected chi connectivity index (χ0v) is 18.1. The first kappa shape index (κ1) is 25.6. The van der Waals surface area contributed by atoms with E-state index < -0.39 is 42.2 Å². The lowest BCUT2D eigenvalue weighted by Gasteiger charge is -2.35. The Morgan fingerprint density at radius 2 is 1.15 bits per heavy atom. The Labute approximate surface area is 168 Å². The molecule has 0 aliphatic heterocycles. The average molecular weight is 425 g/mol. The van der Waals surface area contributed by atoms with Crippen LogP contribution in [0.25, 0.3) is 0 Å². The minimum absolute atomic E-state index is 0.274. The molecule has 0 amide bonds.